The zero-order valence-corrected chi connectivity index (χ0v) is 13.8. The first-order chi connectivity index (χ1) is 12.4. The first-order valence-corrected chi connectivity index (χ1v) is 7.78. The first kappa shape index (κ1) is 17.7. The Morgan fingerprint density at radius 3 is 2.62 bits per heavy atom. The predicted octanol–water partition coefficient (Wildman–Crippen LogP) is 4.90. The van der Waals surface area contributed by atoms with Crippen LogP contribution in [0.15, 0.2) is 36.4 Å². The molecule has 3 rings (SSSR count). The van der Waals surface area contributed by atoms with E-state index in [1.807, 2.05) is 6.07 Å². The third-order valence-corrected chi connectivity index (χ3v) is 3.73. The van der Waals surface area contributed by atoms with Crippen molar-refractivity contribution in [1.82, 2.24) is 0 Å². The van der Waals surface area contributed by atoms with E-state index in [1.165, 1.54) is 18.2 Å². The average Bonchev–Trinajstić information content (AvgIpc) is 3.06. The van der Waals surface area contributed by atoms with Gasteiger partial charge in [0.05, 0.1) is 23.8 Å². The smallest absolute Gasteiger partial charge is 0.416 e. The molecule has 0 bridgehead atoms. The molecule has 0 radical (unpaired) electrons. The summed E-state index contributed by atoms with van der Waals surface area (Å²) in [4.78, 5) is 0. The zero-order chi connectivity index (χ0) is 18.7. The molecule has 1 heterocycles. The van der Waals surface area contributed by atoms with Crippen LogP contribution in [0.25, 0.3) is 11.6 Å². The molecule has 0 amide bonds. The molecule has 0 atom stereocenters. The third-order valence-electron chi connectivity index (χ3n) is 3.73. The maximum absolute atomic E-state index is 12.9. The highest BCUT2D eigenvalue weighted by atomic mass is 19.4. The number of allylic oxidation sites excluding steroid dienone is 1. The van der Waals surface area contributed by atoms with Crippen LogP contribution in [0, 0.1) is 11.3 Å². The molecule has 0 fully saturated rings. The summed E-state index contributed by atoms with van der Waals surface area (Å²) in [6.07, 6.45) is -3.01. The summed E-state index contributed by atoms with van der Waals surface area (Å²) in [5.74, 6) is 1.46. The standard InChI is InChI=1S/C19H14F3NO3/c1-2-24-16-9-18-17(25-11-26-18)8-13(16)6-14(10-23)12-4-3-5-15(7-12)19(20,21)22/h3-9H,2,11H2,1H3/b14-6-. The maximum Gasteiger partial charge on any atom is 0.416 e. The fourth-order valence-corrected chi connectivity index (χ4v) is 2.53. The van der Waals surface area contributed by atoms with Gasteiger partial charge in [0.2, 0.25) is 6.79 Å². The summed E-state index contributed by atoms with van der Waals surface area (Å²) >= 11 is 0. The van der Waals surface area contributed by atoms with Crippen molar-refractivity contribution in [3.05, 3.63) is 53.1 Å². The van der Waals surface area contributed by atoms with Gasteiger partial charge in [0.25, 0.3) is 0 Å². The second-order valence-corrected chi connectivity index (χ2v) is 5.42. The molecular weight excluding hydrogens is 347 g/mol. The Morgan fingerprint density at radius 2 is 1.96 bits per heavy atom. The van der Waals surface area contributed by atoms with Gasteiger partial charge in [0, 0.05) is 11.6 Å². The van der Waals surface area contributed by atoms with Crippen LogP contribution in [0.2, 0.25) is 0 Å². The molecule has 0 N–H and O–H groups in total. The van der Waals surface area contributed by atoms with E-state index in [9.17, 15) is 18.4 Å². The Morgan fingerprint density at radius 1 is 1.23 bits per heavy atom. The van der Waals surface area contributed by atoms with Crippen molar-refractivity contribution >= 4 is 11.6 Å². The molecule has 0 saturated heterocycles. The Labute approximate surface area is 148 Å². The van der Waals surface area contributed by atoms with E-state index in [0.717, 1.165) is 12.1 Å². The van der Waals surface area contributed by atoms with Gasteiger partial charge < -0.3 is 14.2 Å². The van der Waals surface area contributed by atoms with Crippen LogP contribution in [0.4, 0.5) is 13.2 Å². The van der Waals surface area contributed by atoms with Crippen molar-refractivity contribution in [2.45, 2.75) is 13.1 Å². The average molecular weight is 361 g/mol. The molecule has 1 aliphatic heterocycles. The third kappa shape index (κ3) is 3.59. The summed E-state index contributed by atoms with van der Waals surface area (Å²) in [5, 5.41) is 9.45. The van der Waals surface area contributed by atoms with E-state index in [1.54, 1.807) is 19.1 Å². The normalized spacial score (nSPS) is 13.4. The summed E-state index contributed by atoms with van der Waals surface area (Å²) in [7, 11) is 0. The molecule has 1 aliphatic rings. The summed E-state index contributed by atoms with van der Waals surface area (Å²) in [5.41, 5.74) is -0.0460. The van der Waals surface area contributed by atoms with E-state index in [2.05, 4.69) is 0 Å². The lowest BCUT2D eigenvalue weighted by molar-refractivity contribution is -0.137. The van der Waals surface area contributed by atoms with Crippen LogP contribution >= 0.6 is 0 Å². The first-order valence-electron chi connectivity index (χ1n) is 7.78. The van der Waals surface area contributed by atoms with Crippen molar-refractivity contribution < 1.29 is 27.4 Å². The van der Waals surface area contributed by atoms with E-state index >= 15 is 0 Å². The lowest BCUT2D eigenvalue weighted by Gasteiger charge is -2.10. The molecule has 2 aromatic carbocycles. The molecule has 0 aliphatic carbocycles. The van der Waals surface area contributed by atoms with Gasteiger partial charge in [-0.15, -0.1) is 0 Å². The number of benzene rings is 2. The van der Waals surface area contributed by atoms with Crippen LogP contribution in [0.1, 0.15) is 23.6 Å². The minimum Gasteiger partial charge on any atom is -0.493 e. The molecule has 26 heavy (non-hydrogen) atoms. The zero-order valence-electron chi connectivity index (χ0n) is 13.8. The van der Waals surface area contributed by atoms with Crippen molar-refractivity contribution in [3.63, 3.8) is 0 Å². The Kier molecular flexibility index (Phi) is 4.76. The van der Waals surface area contributed by atoms with Gasteiger partial charge in [-0.05, 0) is 36.8 Å². The van der Waals surface area contributed by atoms with Gasteiger partial charge in [-0.1, -0.05) is 12.1 Å². The quantitative estimate of drug-likeness (QED) is 0.574. The topological polar surface area (TPSA) is 51.5 Å². The Bertz CT molecular complexity index is 898. The van der Waals surface area contributed by atoms with Crippen LogP contribution < -0.4 is 14.2 Å². The molecule has 0 unspecified atom stereocenters. The van der Waals surface area contributed by atoms with Crippen molar-refractivity contribution in [2.75, 3.05) is 13.4 Å². The van der Waals surface area contributed by atoms with Crippen LogP contribution in [-0.4, -0.2) is 13.4 Å². The SMILES string of the molecule is CCOc1cc2c(cc1/C=C(/C#N)c1cccc(C(F)(F)F)c1)OCO2. The Balaban J connectivity index is 2.06. The fourth-order valence-electron chi connectivity index (χ4n) is 2.53. The van der Waals surface area contributed by atoms with Gasteiger partial charge in [-0.3, -0.25) is 0 Å². The van der Waals surface area contributed by atoms with E-state index in [0.29, 0.717) is 29.4 Å². The molecule has 134 valence electrons. The number of halogens is 3. The molecule has 7 heteroatoms. The van der Waals surface area contributed by atoms with Crippen LogP contribution in [0.5, 0.6) is 17.2 Å². The number of alkyl halides is 3. The molecule has 2 aromatic rings. The van der Waals surface area contributed by atoms with Crippen LogP contribution in [-0.2, 0) is 6.18 Å². The maximum atomic E-state index is 12.9. The highest BCUT2D eigenvalue weighted by Crippen LogP contribution is 2.40. The second-order valence-electron chi connectivity index (χ2n) is 5.42. The lowest BCUT2D eigenvalue weighted by atomic mass is 10.0. The molecule has 0 spiro atoms. The molecular formula is C19H14F3NO3. The number of ether oxygens (including phenoxy) is 3. The number of hydrogen-bond donors (Lipinski definition) is 0. The molecule has 0 aromatic heterocycles. The number of nitriles is 1. The van der Waals surface area contributed by atoms with Gasteiger partial charge in [-0.25, -0.2) is 0 Å². The van der Waals surface area contributed by atoms with E-state index < -0.39 is 11.7 Å². The molecule has 4 nitrogen and oxygen atoms in total. The largest absolute Gasteiger partial charge is 0.493 e. The van der Waals surface area contributed by atoms with Crippen LogP contribution in [0.3, 0.4) is 0 Å². The minimum atomic E-state index is -4.48. The number of hydrogen-bond acceptors (Lipinski definition) is 4. The number of nitrogens with zero attached hydrogens (tertiary/aromatic N) is 1. The van der Waals surface area contributed by atoms with Crippen molar-refractivity contribution in [3.8, 4) is 23.3 Å². The summed E-state index contributed by atoms with van der Waals surface area (Å²) in [6, 6.07) is 9.86. The van der Waals surface area contributed by atoms with E-state index in [-0.39, 0.29) is 17.9 Å². The van der Waals surface area contributed by atoms with Gasteiger partial charge >= 0.3 is 6.18 Å². The van der Waals surface area contributed by atoms with Crippen molar-refractivity contribution in [1.29, 1.82) is 5.26 Å². The minimum absolute atomic E-state index is 0.0762. The number of fused-ring (bicyclic) bond motifs is 1. The summed E-state index contributed by atoms with van der Waals surface area (Å²) in [6.45, 7) is 2.26. The number of rotatable bonds is 4. The summed E-state index contributed by atoms with van der Waals surface area (Å²) < 4.78 is 54.9. The monoisotopic (exact) mass is 361 g/mol. The lowest BCUT2D eigenvalue weighted by Crippen LogP contribution is -2.05. The Hall–Kier alpha value is -3.14. The highest BCUT2D eigenvalue weighted by molar-refractivity contribution is 5.91. The molecule has 0 saturated carbocycles. The predicted molar refractivity (Wildman–Crippen MR) is 88.7 cm³/mol. The second kappa shape index (κ2) is 7.00. The van der Waals surface area contributed by atoms with E-state index in [4.69, 9.17) is 14.2 Å². The highest BCUT2D eigenvalue weighted by Gasteiger charge is 2.30. The fraction of sp³-hybridized carbons (Fsp3) is 0.211. The van der Waals surface area contributed by atoms with Gasteiger partial charge in [0.15, 0.2) is 11.5 Å². The van der Waals surface area contributed by atoms with Gasteiger partial charge in [0.1, 0.15) is 5.75 Å². The van der Waals surface area contributed by atoms with Gasteiger partial charge in [-0.2, -0.15) is 18.4 Å². The van der Waals surface area contributed by atoms with Crippen molar-refractivity contribution in [2.24, 2.45) is 0 Å².